The first-order valence-corrected chi connectivity index (χ1v) is 23.9. The lowest BCUT2D eigenvalue weighted by Crippen LogP contribution is -2.10. The van der Waals surface area contributed by atoms with Gasteiger partial charge in [-0.25, -0.2) is 0 Å². The fourth-order valence-electron chi connectivity index (χ4n) is 6.58. The van der Waals surface area contributed by atoms with Gasteiger partial charge in [-0.3, -0.25) is 0 Å². The molecule has 60 heavy (non-hydrogen) atoms. The molecule has 0 unspecified atom stereocenters. The number of aryl methyl sites for hydroxylation is 1. The van der Waals surface area contributed by atoms with Crippen LogP contribution in [0.3, 0.4) is 0 Å². The Bertz CT molecular complexity index is 2160. The molecule has 0 saturated carbocycles. The quantitative estimate of drug-likeness (QED) is 0.0381. The molecule has 0 atom stereocenters. The van der Waals surface area contributed by atoms with Gasteiger partial charge in [-0.05, 0) is 96.0 Å². The van der Waals surface area contributed by atoms with E-state index in [0.29, 0.717) is 46.2 Å². The second-order valence-corrected chi connectivity index (χ2v) is 17.8. The summed E-state index contributed by atoms with van der Waals surface area (Å²) in [5, 5.41) is 0. The van der Waals surface area contributed by atoms with Gasteiger partial charge in [0.25, 0.3) is 0 Å². The third-order valence-corrected chi connectivity index (χ3v) is 13.7. The highest BCUT2D eigenvalue weighted by Gasteiger charge is 2.12. The van der Waals surface area contributed by atoms with Crippen molar-refractivity contribution in [1.82, 2.24) is 0 Å². The van der Waals surface area contributed by atoms with Crippen molar-refractivity contribution in [3.05, 3.63) is 141 Å². The van der Waals surface area contributed by atoms with Gasteiger partial charge in [0.15, 0.2) is 0 Å². The molecule has 0 N–H and O–H groups in total. The van der Waals surface area contributed by atoms with Crippen LogP contribution in [0.5, 0.6) is 0 Å². The van der Waals surface area contributed by atoms with Crippen molar-refractivity contribution in [2.24, 2.45) is 0 Å². The predicted molar refractivity (Wildman–Crippen MR) is 259 cm³/mol. The van der Waals surface area contributed by atoms with E-state index in [1.54, 1.807) is 0 Å². The maximum absolute atomic E-state index is 5.84. The second kappa shape index (κ2) is 25.7. The van der Waals surface area contributed by atoms with Crippen LogP contribution in [0.1, 0.15) is 71.2 Å². The van der Waals surface area contributed by atoms with Crippen molar-refractivity contribution in [3.63, 3.8) is 0 Å². The largest absolute Gasteiger partial charge is 0.379 e. The van der Waals surface area contributed by atoms with Gasteiger partial charge in [0.2, 0.25) is 0 Å². The summed E-state index contributed by atoms with van der Waals surface area (Å²) in [5.41, 5.74) is 8.73. The minimum Gasteiger partial charge on any atom is -0.379 e. The van der Waals surface area contributed by atoms with Crippen LogP contribution in [0, 0.1) is 0 Å². The van der Waals surface area contributed by atoms with Gasteiger partial charge in [-0.2, -0.15) is 0 Å². The number of thiophene rings is 3. The van der Waals surface area contributed by atoms with Gasteiger partial charge in [0.1, 0.15) is 0 Å². The van der Waals surface area contributed by atoms with Gasteiger partial charge < -0.3 is 23.7 Å². The maximum Gasteiger partial charge on any atom is 0.0701 e. The topological polar surface area (TPSA) is 46.2 Å². The zero-order valence-corrected chi connectivity index (χ0v) is 37.9. The van der Waals surface area contributed by atoms with Gasteiger partial charge in [0.05, 0.1) is 52.9 Å². The van der Waals surface area contributed by atoms with Gasteiger partial charge in [-0.15, -0.1) is 34.0 Å². The molecule has 0 amide bonds. The summed E-state index contributed by atoms with van der Waals surface area (Å²) in [6, 6.07) is 37.8. The van der Waals surface area contributed by atoms with Crippen molar-refractivity contribution in [3.8, 4) is 30.6 Å². The summed E-state index contributed by atoms with van der Waals surface area (Å²) in [7, 11) is 0. The highest BCUT2D eigenvalue weighted by molar-refractivity contribution is 7.23. The SMILES string of the molecule is CCCCc1cc(-c2ccc(C=Cc3ccc(C=Cc4ccc(-c5ccc(-c6ccc(CCOCCOCCOCC)s6)s5)cc4)cc3)cc2)sc1CCOCCOCC. The van der Waals surface area contributed by atoms with Gasteiger partial charge in [-0.1, -0.05) is 110 Å². The van der Waals surface area contributed by atoms with E-state index in [1.807, 2.05) is 47.9 Å². The Morgan fingerprint density at radius 2 is 0.850 bits per heavy atom. The first kappa shape index (κ1) is 45.6. The maximum atomic E-state index is 5.84. The van der Waals surface area contributed by atoms with Crippen LogP contribution in [-0.4, -0.2) is 66.1 Å². The van der Waals surface area contributed by atoms with Crippen molar-refractivity contribution in [1.29, 1.82) is 0 Å². The molecule has 0 spiro atoms. The highest BCUT2D eigenvalue weighted by atomic mass is 32.1. The lowest BCUT2D eigenvalue weighted by atomic mass is 10.0. The predicted octanol–water partition coefficient (Wildman–Crippen LogP) is 13.8. The molecule has 0 fully saturated rings. The standard InChI is InChI=1S/C52H60O5S3/c1-4-7-8-46-39-52(60-49(46)30-32-56-35-33-53-5-2)45-23-19-43(20-24-45)16-14-41-11-9-40(10-12-41)13-15-42-17-21-44(22-18-42)48-27-28-51(59-48)50-26-25-47(58-50)29-31-55-37-38-57-36-34-54-6-3/h9-28,39H,4-8,29-38H2,1-3H3. The summed E-state index contributed by atoms with van der Waals surface area (Å²) in [5.74, 6) is 0. The molecule has 0 radical (unpaired) electrons. The van der Waals surface area contributed by atoms with E-state index < -0.39 is 0 Å². The van der Waals surface area contributed by atoms with E-state index in [9.17, 15) is 0 Å². The lowest BCUT2D eigenvalue weighted by Gasteiger charge is -2.05. The minimum atomic E-state index is 0.606. The number of ether oxygens (including phenoxy) is 5. The third kappa shape index (κ3) is 14.9. The molecule has 3 heterocycles. The summed E-state index contributed by atoms with van der Waals surface area (Å²) >= 11 is 5.61. The average molecular weight is 861 g/mol. The van der Waals surface area contributed by atoms with Crippen molar-refractivity contribution in [2.45, 2.75) is 52.9 Å². The molecule has 3 aromatic heterocycles. The highest BCUT2D eigenvalue weighted by Crippen LogP contribution is 2.38. The van der Waals surface area contributed by atoms with Crippen LogP contribution in [0.25, 0.3) is 54.9 Å². The zero-order valence-electron chi connectivity index (χ0n) is 35.5. The van der Waals surface area contributed by atoms with Crippen LogP contribution in [-0.2, 0) is 42.9 Å². The van der Waals surface area contributed by atoms with Crippen LogP contribution >= 0.6 is 34.0 Å². The molecule has 6 aromatic rings. The zero-order chi connectivity index (χ0) is 41.6. The fourth-order valence-corrected chi connectivity index (χ4v) is 9.86. The summed E-state index contributed by atoms with van der Waals surface area (Å²) < 4.78 is 27.8. The van der Waals surface area contributed by atoms with Crippen LogP contribution in [0.15, 0.2) is 103 Å². The molecule has 3 aromatic carbocycles. The Morgan fingerprint density at radius 1 is 0.400 bits per heavy atom. The molecular formula is C52H60O5S3. The Balaban J connectivity index is 0.951. The number of rotatable bonds is 27. The van der Waals surface area contributed by atoms with Gasteiger partial charge in [0, 0.05) is 55.3 Å². The number of unbranched alkanes of at least 4 members (excludes halogenated alkanes) is 1. The Labute approximate surface area is 370 Å². The third-order valence-electron chi connectivity index (χ3n) is 9.96. The first-order valence-electron chi connectivity index (χ1n) is 21.5. The number of hydrogen-bond acceptors (Lipinski definition) is 8. The molecule has 8 heteroatoms. The van der Waals surface area contributed by atoms with E-state index in [2.05, 4.69) is 134 Å². The van der Waals surface area contributed by atoms with Crippen LogP contribution in [0.2, 0.25) is 0 Å². The molecule has 0 bridgehead atoms. The molecule has 0 aliphatic rings. The van der Waals surface area contributed by atoms with E-state index in [0.717, 1.165) is 39.1 Å². The van der Waals surface area contributed by atoms with E-state index >= 15 is 0 Å². The first-order chi connectivity index (χ1) is 29.6. The van der Waals surface area contributed by atoms with Crippen molar-refractivity contribution in [2.75, 3.05) is 66.1 Å². The normalized spacial score (nSPS) is 11.8. The lowest BCUT2D eigenvalue weighted by molar-refractivity contribution is 0.0176. The Kier molecular flexibility index (Phi) is 19.5. The Morgan fingerprint density at radius 3 is 1.40 bits per heavy atom. The van der Waals surface area contributed by atoms with Crippen molar-refractivity contribution < 1.29 is 23.7 Å². The van der Waals surface area contributed by atoms with Crippen molar-refractivity contribution >= 4 is 58.3 Å². The molecule has 0 aliphatic heterocycles. The minimum absolute atomic E-state index is 0.606. The number of hydrogen-bond donors (Lipinski definition) is 0. The monoisotopic (exact) mass is 860 g/mol. The second-order valence-electron chi connectivity index (χ2n) is 14.4. The molecule has 0 aliphatic carbocycles. The van der Waals surface area contributed by atoms with E-state index in [4.69, 9.17) is 23.7 Å². The smallest absolute Gasteiger partial charge is 0.0701 e. The fraction of sp³-hybridized carbons (Fsp3) is 0.346. The van der Waals surface area contributed by atoms with E-state index in [1.165, 1.54) is 81.0 Å². The molecule has 5 nitrogen and oxygen atoms in total. The average Bonchev–Trinajstić information content (AvgIpc) is 4.07. The van der Waals surface area contributed by atoms with Gasteiger partial charge >= 0.3 is 0 Å². The van der Waals surface area contributed by atoms with Crippen LogP contribution < -0.4 is 0 Å². The summed E-state index contributed by atoms with van der Waals surface area (Å²) in [4.78, 5) is 8.02. The number of benzene rings is 3. The molecule has 0 saturated heterocycles. The molecular weight excluding hydrogens is 801 g/mol. The Hall–Kier alpha value is -3.96. The summed E-state index contributed by atoms with van der Waals surface area (Å²) in [6.45, 7) is 13.0. The molecule has 316 valence electrons. The van der Waals surface area contributed by atoms with E-state index in [-0.39, 0.29) is 0 Å². The molecule has 6 rings (SSSR count). The summed E-state index contributed by atoms with van der Waals surface area (Å²) in [6.07, 6.45) is 14.2. The van der Waals surface area contributed by atoms with Crippen LogP contribution in [0.4, 0.5) is 0 Å².